The Bertz CT molecular complexity index is 280. The van der Waals surface area contributed by atoms with E-state index >= 15 is 0 Å². The highest BCUT2D eigenvalue weighted by Crippen LogP contribution is 2.23. The first-order chi connectivity index (χ1) is 5.15. The van der Waals surface area contributed by atoms with Gasteiger partial charge in [-0.25, -0.2) is 0 Å². The fourth-order valence-electron chi connectivity index (χ4n) is 0.789. The molecule has 0 aliphatic rings. The molecule has 4 heteroatoms. The van der Waals surface area contributed by atoms with Gasteiger partial charge in [-0.2, -0.15) is 0 Å². The minimum Gasteiger partial charge on any atom is -0.455 e. The molecule has 0 spiro atoms. The van der Waals surface area contributed by atoms with Gasteiger partial charge in [-0.1, -0.05) is 0 Å². The van der Waals surface area contributed by atoms with E-state index in [1.54, 1.807) is 13.0 Å². The van der Waals surface area contributed by atoms with Gasteiger partial charge in [0, 0.05) is 11.0 Å². The molecule has 0 aliphatic carbocycles. The Morgan fingerprint density at radius 2 is 2.36 bits per heavy atom. The highest BCUT2D eigenvalue weighted by Gasteiger charge is 2.09. The van der Waals surface area contributed by atoms with Gasteiger partial charge in [0.25, 0.3) is 5.91 Å². The van der Waals surface area contributed by atoms with E-state index in [2.05, 4.69) is 0 Å². The monoisotopic (exact) mass is 171 g/mol. The Morgan fingerprint density at radius 1 is 1.73 bits per heavy atom. The molecule has 2 N–H and O–H groups in total. The number of hydrogen-bond donors (Lipinski definition) is 1. The zero-order valence-corrected chi connectivity index (χ0v) is 7.20. The Morgan fingerprint density at radius 3 is 2.64 bits per heavy atom. The lowest BCUT2D eigenvalue weighted by molar-refractivity contribution is 0.0972. The minimum absolute atomic E-state index is 0.229. The average molecular weight is 171 g/mol. The zero-order chi connectivity index (χ0) is 8.43. The topological polar surface area (TPSA) is 56.2 Å². The van der Waals surface area contributed by atoms with E-state index in [9.17, 15) is 4.79 Å². The smallest absolute Gasteiger partial charge is 0.284 e. The number of aryl methyl sites for hydroxylation is 1. The number of rotatable bonds is 2. The van der Waals surface area contributed by atoms with Crippen molar-refractivity contribution in [3.05, 3.63) is 17.6 Å². The summed E-state index contributed by atoms with van der Waals surface area (Å²) in [6.07, 6.45) is 1.92. The molecule has 1 aromatic heterocycles. The molecule has 1 aromatic rings. The molecule has 0 aromatic carbocycles. The van der Waals surface area contributed by atoms with Gasteiger partial charge < -0.3 is 10.2 Å². The van der Waals surface area contributed by atoms with Crippen LogP contribution in [-0.4, -0.2) is 12.2 Å². The van der Waals surface area contributed by atoms with Crippen LogP contribution in [0.1, 0.15) is 16.3 Å². The van der Waals surface area contributed by atoms with Crippen molar-refractivity contribution in [1.82, 2.24) is 0 Å². The lowest BCUT2D eigenvalue weighted by atomic mass is 10.4. The molecule has 1 heterocycles. The number of carbonyl (C=O) groups is 1. The van der Waals surface area contributed by atoms with Gasteiger partial charge in [0.05, 0.1) is 0 Å². The molecule has 0 unspecified atom stereocenters. The van der Waals surface area contributed by atoms with E-state index < -0.39 is 5.91 Å². The number of primary amides is 1. The van der Waals surface area contributed by atoms with Crippen LogP contribution in [0.5, 0.6) is 0 Å². The number of furan rings is 1. The van der Waals surface area contributed by atoms with Crippen LogP contribution in [0, 0.1) is 6.92 Å². The first-order valence-electron chi connectivity index (χ1n) is 3.09. The van der Waals surface area contributed by atoms with Crippen molar-refractivity contribution in [3.8, 4) is 0 Å². The molecule has 3 nitrogen and oxygen atoms in total. The molecular formula is C7H9NO2S. The van der Waals surface area contributed by atoms with E-state index in [0.717, 1.165) is 10.7 Å². The van der Waals surface area contributed by atoms with Crippen molar-refractivity contribution >= 4 is 17.7 Å². The molecular weight excluding hydrogens is 162 g/mol. The van der Waals surface area contributed by atoms with Crippen LogP contribution >= 0.6 is 11.8 Å². The number of thioether (sulfide) groups is 1. The second kappa shape index (κ2) is 3.00. The van der Waals surface area contributed by atoms with Gasteiger partial charge in [0.2, 0.25) is 0 Å². The third kappa shape index (κ3) is 1.57. The minimum atomic E-state index is -0.520. The predicted octanol–water partition coefficient (Wildman–Crippen LogP) is 1.41. The van der Waals surface area contributed by atoms with E-state index in [0.29, 0.717) is 0 Å². The summed E-state index contributed by atoms with van der Waals surface area (Å²) in [6.45, 7) is 1.80. The van der Waals surface area contributed by atoms with Crippen LogP contribution < -0.4 is 5.73 Å². The lowest BCUT2D eigenvalue weighted by Gasteiger charge is -1.86. The normalized spacial score (nSPS) is 10.0. The van der Waals surface area contributed by atoms with Crippen LogP contribution in [0.2, 0.25) is 0 Å². The second-order valence-corrected chi connectivity index (χ2v) is 2.95. The zero-order valence-electron chi connectivity index (χ0n) is 6.38. The number of amides is 1. The van der Waals surface area contributed by atoms with E-state index in [1.165, 1.54) is 11.8 Å². The molecule has 0 bridgehead atoms. The Kier molecular flexibility index (Phi) is 2.24. The molecule has 0 radical (unpaired) electrons. The van der Waals surface area contributed by atoms with Gasteiger partial charge >= 0.3 is 0 Å². The van der Waals surface area contributed by atoms with Gasteiger partial charge in [-0.15, -0.1) is 11.8 Å². The van der Waals surface area contributed by atoms with Crippen LogP contribution in [0.4, 0.5) is 0 Å². The Balaban J connectivity index is 3.05. The number of carbonyl (C=O) groups excluding carboxylic acids is 1. The summed E-state index contributed by atoms with van der Waals surface area (Å²) in [4.78, 5) is 11.6. The fourth-order valence-corrected chi connectivity index (χ4v) is 1.34. The average Bonchev–Trinajstić information content (AvgIpc) is 2.31. The van der Waals surface area contributed by atoms with Gasteiger partial charge in [-0.05, 0) is 13.2 Å². The van der Waals surface area contributed by atoms with Crippen LogP contribution in [0.25, 0.3) is 0 Å². The summed E-state index contributed by atoms with van der Waals surface area (Å²) in [6, 6.07) is 1.66. The van der Waals surface area contributed by atoms with Gasteiger partial charge in [-0.3, -0.25) is 4.79 Å². The number of hydrogen-bond acceptors (Lipinski definition) is 3. The predicted molar refractivity (Wildman–Crippen MR) is 43.7 cm³/mol. The summed E-state index contributed by atoms with van der Waals surface area (Å²) < 4.78 is 5.07. The standard InChI is InChI=1S/C7H9NO2S/c1-4-6(11-2)3-5(10-4)7(8)9/h3H,1-2H3,(H2,8,9). The van der Waals surface area contributed by atoms with E-state index in [1.807, 2.05) is 6.26 Å². The van der Waals surface area contributed by atoms with Crippen molar-refractivity contribution in [2.75, 3.05) is 6.26 Å². The fraction of sp³-hybridized carbons (Fsp3) is 0.286. The van der Waals surface area contributed by atoms with E-state index in [-0.39, 0.29) is 5.76 Å². The van der Waals surface area contributed by atoms with Crippen molar-refractivity contribution in [1.29, 1.82) is 0 Å². The molecule has 0 aliphatic heterocycles. The summed E-state index contributed by atoms with van der Waals surface area (Å²) in [7, 11) is 0. The van der Waals surface area contributed by atoms with Crippen molar-refractivity contribution in [2.24, 2.45) is 5.73 Å². The third-order valence-electron chi connectivity index (χ3n) is 1.33. The first-order valence-corrected chi connectivity index (χ1v) is 4.32. The highest BCUT2D eigenvalue weighted by atomic mass is 32.2. The molecule has 0 saturated heterocycles. The molecule has 0 fully saturated rings. The van der Waals surface area contributed by atoms with Crippen LogP contribution in [0.3, 0.4) is 0 Å². The van der Waals surface area contributed by atoms with Crippen LogP contribution in [-0.2, 0) is 0 Å². The van der Waals surface area contributed by atoms with Crippen molar-refractivity contribution < 1.29 is 9.21 Å². The summed E-state index contributed by atoms with van der Waals surface area (Å²) in [5.41, 5.74) is 5.01. The highest BCUT2D eigenvalue weighted by molar-refractivity contribution is 7.98. The summed E-state index contributed by atoms with van der Waals surface area (Å²) >= 11 is 1.53. The maximum absolute atomic E-state index is 10.6. The molecule has 0 saturated carbocycles. The molecule has 11 heavy (non-hydrogen) atoms. The van der Waals surface area contributed by atoms with Crippen molar-refractivity contribution in [2.45, 2.75) is 11.8 Å². The van der Waals surface area contributed by atoms with E-state index in [4.69, 9.17) is 10.2 Å². The summed E-state index contributed by atoms with van der Waals surface area (Å²) in [5.74, 6) is 0.451. The quantitative estimate of drug-likeness (QED) is 0.684. The molecule has 0 atom stereocenters. The maximum atomic E-state index is 10.6. The second-order valence-electron chi connectivity index (χ2n) is 2.10. The van der Waals surface area contributed by atoms with Crippen molar-refractivity contribution in [3.63, 3.8) is 0 Å². The lowest BCUT2D eigenvalue weighted by Crippen LogP contribution is -2.09. The Labute approximate surface area is 68.9 Å². The van der Waals surface area contributed by atoms with Crippen LogP contribution in [0.15, 0.2) is 15.4 Å². The molecule has 1 amide bonds. The summed E-state index contributed by atoms with van der Waals surface area (Å²) in [5, 5.41) is 0. The third-order valence-corrected chi connectivity index (χ3v) is 2.18. The van der Waals surface area contributed by atoms with Gasteiger partial charge in [0.15, 0.2) is 5.76 Å². The largest absolute Gasteiger partial charge is 0.455 e. The van der Waals surface area contributed by atoms with Gasteiger partial charge in [0.1, 0.15) is 5.76 Å². The SMILES string of the molecule is CSc1cc(C(N)=O)oc1C. The maximum Gasteiger partial charge on any atom is 0.284 e. The number of nitrogens with two attached hydrogens (primary N) is 1. The molecule has 1 rings (SSSR count). The Hall–Kier alpha value is -0.900. The molecule has 60 valence electrons. The first kappa shape index (κ1) is 8.20.